The van der Waals surface area contributed by atoms with E-state index in [4.69, 9.17) is 17.4 Å². The summed E-state index contributed by atoms with van der Waals surface area (Å²) in [5, 5.41) is 0.417. The van der Waals surface area contributed by atoms with E-state index in [-0.39, 0.29) is 5.82 Å². The van der Waals surface area contributed by atoms with E-state index < -0.39 is 11.9 Å². The van der Waals surface area contributed by atoms with Gasteiger partial charge in [-0.15, -0.1) is 0 Å². The van der Waals surface area contributed by atoms with Crippen molar-refractivity contribution in [2.75, 3.05) is 0 Å². The Morgan fingerprint density at radius 2 is 1.95 bits per heavy atom. The van der Waals surface area contributed by atoms with Crippen LogP contribution in [-0.4, -0.2) is 0 Å². The van der Waals surface area contributed by atoms with Crippen LogP contribution in [0.4, 0.5) is 8.78 Å². The Balaban J connectivity index is 2.34. The van der Waals surface area contributed by atoms with E-state index in [1.54, 1.807) is 12.1 Å². The minimum absolute atomic E-state index is 0.326. The zero-order valence-electron chi connectivity index (χ0n) is 10.3. The van der Waals surface area contributed by atoms with Crippen LogP contribution >= 0.6 is 27.5 Å². The average Bonchev–Trinajstić information content (AvgIpc) is 2.43. The number of hydrogen-bond acceptors (Lipinski definition) is 2. The lowest BCUT2D eigenvalue weighted by Gasteiger charge is -2.18. The molecule has 0 fully saturated rings. The standard InChI is InChI=1S/C14H12BrClF2N2/c15-14-8(2-1-3-12(14)18)6-13(20-19)10-7-9(16)4-5-11(10)17/h1-5,7,13,20H,6,19H2. The first-order valence-corrected chi connectivity index (χ1v) is 7.04. The second-order valence-electron chi connectivity index (χ2n) is 4.30. The SMILES string of the molecule is NNC(Cc1cccc(F)c1Br)c1cc(Cl)ccc1F. The van der Waals surface area contributed by atoms with Gasteiger partial charge in [0.05, 0.1) is 10.5 Å². The van der Waals surface area contributed by atoms with Crippen molar-refractivity contribution in [3.63, 3.8) is 0 Å². The lowest BCUT2D eigenvalue weighted by atomic mass is 9.99. The van der Waals surface area contributed by atoms with Crippen LogP contribution in [0.1, 0.15) is 17.2 Å². The lowest BCUT2D eigenvalue weighted by molar-refractivity contribution is 0.508. The van der Waals surface area contributed by atoms with Crippen molar-refractivity contribution in [3.8, 4) is 0 Å². The van der Waals surface area contributed by atoms with Crippen LogP contribution in [0, 0.1) is 11.6 Å². The summed E-state index contributed by atoms with van der Waals surface area (Å²) in [6.07, 6.45) is 0.326. The number of nitrogens with one attached hydrogen (secondary N) is 1. The Bertz CT molecular complexity index is 622. The van der Waals surface area contributed by atoms with Crippen molar-refractivity contribution < 1.29 is 8.78 Å². The van der Waals surface area contributed by atoms with Crippen molar-refractivity contribution in [3.05, 3.63) is 68.7 Å². The molecule has 0 aliphatic rings. The molecule has 3 N–H and O–H groups in total. The monoisotopic (exact) mass is 360 g/mol. The summed E-state index contributed by atoms with van der Waals surface area (Å²) in [7, 11) is 0. The molecule has 0 amide bonds. The predicted octanol–water partition coefficient (Wildman–Crippen LogP) is 4.13. The molecule has 20 heavy (non-hydrogen) atoms. The Hall–Kier alpha value is -1.01. The summed E-state index contributed by atoms with van der Waals surface area (Å²) in [5.41, 5.74) is 3.57. The Morgan fingerprint density at radius 1 is 1.20 bits per heavy atom. The highest BCUT2D eigenvalue weighted by Gasteiger charge is 2.17. The highest BCUT2D eigenvalue weighted by molar-refractivity contribution is 9.10. The molecule has 2 nitrogen and oxygen atoms in total. The molecule has 0 bridgehead atoms. The number of halogens is 4. The average molecular weight is 362 g/mol. The van der Waals surface area contributed by atoms with Gasteiger partial charge in [0, 0.05) is 10.6 Å². The van der Waals surface area contributed by atoms with E-state index >= 15 is 0 Å². The predicted molar refractivity (Wildman–Crippen MR) is 79.3 cm³/mol. The van der Waals surface area contributed by atoms with Crippen LogP contribution in [0.2, 0.25) is 5.02 Å². The molecule has 0 saturated heterocycles. The van der Waals surface area contributed by atoms with E-state index in [0.29, 0.717) is 27.0 Å². The number of nitrogens with two attached hydrogens (primary N) is 1. The minimum Gasteiger partial charge on any atom is -0.271 e. The van der Waals surface area contributed by atoms with Gasteiger partial charge < -0.3 is 0 Å². The molecular formula is C14H12BrClF2N2. The third-order valence-corrected chi connectivity index (χ3v) is 4.11. The van der Waals surface area contributed by atoms with Gasteiger partial charge in [-0.3, -0.25) is 11.3 Å². The quantitative estimate of drug-likeness (QED) is 0.635. The molecule has 0 saturated carbocycles. The number of benzene rings is 2. The summed E-state index contributed by atoms with van der Waals surface area (Å²) in [5.74, 6) is 4.71. The highest BCUT2D eigenvalue weighted by Crippen LogP contribution is 2.28. The van der Waals surface area contributed by atoms with Crippen molar-refractivity contribution in [1.82, 2.24) is 5.43 Å². The van der Waals surface area contributed by atoms with Gasteiger partial charge in [0.25, 0.3) is 0 Å². The van der Waals surface area contributed by atoms with Crippen LogP contribution in [0.5, 0.6) is 0 Å². The maximum atomic E-state index is 13.8. The summed E-state index contributed by atoms with van der Waals surface area (Å²) in [6, 6.07) is 8.44. The second kappa shape index (κ2) is 6.63. The second-order valence-corrected chi connectivity index (χ2v) is 5.53. The third kappa shape index (κ3) is 3.35. The normalized spacial score (nSPS) is 12.4. The van der Waals surface area contributed by atoms with Gasteiger partial charge >= 0.3 is 0 Å². The molecule has 0 radical (unpaired) electrons. The van der Waals surface area contributed by atoms with Crippen LogP contribution in [-0.2, 0) is 6.42 Å². The van der Waals surface area contributed by atoms with Gasteiger partial charge in [0.15, 0.2) is 0 Å². The first-order chi connectivity index (χ1) is 9.52. The fourth-order valence-corrected chi connectivity index (χ4v) is 2.57. The van der Waals surface area contributed by atoms with Crippen molar-refractivity contribution >= 4 is 27.5 Å². The van der Waals surface area contributed by atoms with E-state index in [1.165, 1.54) is 24.3 Å². The lowest BCUT2D eigenvalue weighted by Crippen LogP contribution is -2.30. The molecule has 0 spiro atoms. The smallest absolute Gasteiger partial charge is 0.137 e. The molecule has 106 valence electrons. The van der Waals surface area contributed by atoms with Gasteiger partial charge in [-0.2, -0.15) is 0 Å². The van der Waals surface area contributed by atoms with Crippen LogP contribution in [0.25, 0.3) is 0 Å². The van der Waals surface area contributed by atoms with Crippen LogP contribution in [0.3, 0.4) is 0 Å². The van der Waals surface area contributed by atoms with Gasteiger partial charge in [-0.25, -0.2) is 8.78 Å². The van der Waals surface area contributed by atoms with E-state index in [9.17, 15) is 8.78 Å². The Labute approximate surface area is 129 Å². The summed E-state index contributed by atoms with van der Waals surface area (Å²) in [4.78, 5) is 0. The molecule has 6 heteroatoms. The fourth-order valence-electron chi connectivity index (χ4n) is 1.97. The molecule has 0 aromatic heterocycles. The Morgan fingerprint density at radius 3 is 2.65 bits per heavy atom. The van der Waals surface area contributed by atoms with Crippen molar-refractivity contribution in [2.24, 2.45) is 5.84 Å². The molecule has 0 heterocycles. The zero-order valence-corrected chi connectivity index (χ0v) is 12.7. The summed E-state index contributed by atoms with van der Waals surface area (Å²) in [6.45, 7) is 0. The first kappa shape index (κ1) is 15.4. The zero-order chi connectivity index (χ0) is 14.7. The first-order valence-electron chi connectivity index (χ1n) is 5.87. The summed E-state index contributed by atoms with van der Waals surface area (Å²) < 4.78 is 27.7. The maximum absolute atomic E-state index is 13.8. The molecule has 2 rings (SSSR count). The molecular weight excluding hydrogens is 350 g/mol. The van der Waals surface area contributed by atoms with E-state index in [1.807, 2.05) is 0 Å². The topological polar surface area (TPSA) is 38.0 Å². The maximum Gasteiger partial charge on any atom is 0.137 e. The largest absolute Gasteiger partial charge is 0.271 e. The number of hydrogen-bond donors (Lipinski definition) is 2. The van der Waals surface area contributed by atoms with E-state index in [0.717, 1.165) is 0 Å². The van der Waals surface area contributed by atoms with Crippen molar-refractivity contribution in [1.29, 1.82) is 0 Å². The summed E-state index contributed by atoms with van der Waals surface area (Å²) >= 11 is 9.05. The number of hydrazine groups is 1. The molecule has 2 aromatic carbocycles. The molecule has 0 aliphatic heterocycles. The molecule has 1 atom stereocenters. The van der Waals surface area contributed by atoms with Crippen LogP contribution in [0.15, 0.2) is 40.9 Å². The number of rotatable bonds is 4. The highest BCUT2D eigenvalue weighted by atomic mass is 79.9. The van der Waals surface area contributed by atoms with E-state index in [2.05, 4.69) is 21.4 Å². The Kier molecular flexibility index (Phi) is 5.10. The third-order valence-electron chi connectivity index (χ3n) is 2.99. The molecule has 0 aliphatic carbocycles. The fraction of sp³-hybridized carbons (Fsp3) is 0.143. The molecule has 2 aromatic rings. The van der Waals surface area contributed by atoms with Gasteiger partial charge in [-0.1, -0.05) is 23.7 Å². The minimum atomic E-state index is -0.508. The van der Waals surface area contributed by atoms with Gasteiger partial charge in [0.2, 0.25) is 0 Å². The van der Waals surface area contributed by atoms with Crippen molar-refractivity contribution in [2.45, 2.75) is 12.5 Å². The van der Waals surface area contributed by atoms with Gasteiger partial charge in [0.1, 0.15) is 11.6 Å². The van der Waals surface area contributed by atoms with Crippen LogP contribution < -0.4 is 11.3 Å². The van der Waals surface area contributed by atoms with Gasteiger partial charge in [-0.05, 0) is 52.2 Å². The molecule has 1 unspecified atom stereocenters.